The number of carbonyl (C=O) groups is 1. The van der Waals surface area contributed by atoms with E-state index in [1.54, 1.807) is 6.26 Å². The van der Waals surface area contributed by atoms with Crippen LogP contribution in [-0.4, -0.2) is 11.1 Å². The zero-order chi connectivity index (χ0) is 13.3. The van der Waals surface area contributed by atoms with Crippen molar-refractivity contribution in [2.45, 2.75) is 26.7 Å². The molecule has 0 saturated carbocycles. The molecule has 0 amide bonds. The molecule has 2 heterocycles. The average Bonchev–Trinajstić information content (AvgIpc) is 2.91. The van der Waals surface area contributed by atoms with Crippen molar-refractivity contribution in [3.63, 3.8) is 0 Å². The van der Waals surface area contributed by atoms with E-state index in [9.17, 15) is 4.79 Å². The van der Waals surface area contributed by atoms with Gasteiger partial charge >= 0.3 is 5.97 Å². The first-order valence-corrected chi connectivity index (χ1v) is 6.62. The van der Waals surface area contributed by atoms with Gasteiger partial charge in [0.25, 0.3) is 0 Å². The molecule has 2 rings (SSSR count). The van der Waals surface area contributed by atoms with E-state index in [0.717, 1.165) is 28.2 Å². The third kappa shape index (κ3) is 1.90. The number of nitrogen functional groups attached to an aromatic ring is 1. The Balaban J connectivity index is 2.64. The highest BCUT2D eigenvalue weighted by atomic mass is 32.1. The molecule has 0 bridgehead atoms. The molecule has 3 N–H and O–H groups in total. The molecule has 18 heavy (non-hydrogen) atoms. The average molecular weight is 265 g/mol. The number of hydrogen-bond acceptors (Lipinski definition) is 4. The van der Waals surface area contributed by atoms with E-state index in [4.69, 9.17) is 15.3 Å². The van der Waals surface area contributed by atoms with Crippen LogP contribution in [0.5, 0.6) is 0 Å². The number of carboxylic acids is 1. The van der Waals surface area contributed by atoms with E-state index >= 15 is 0 Å². The second kappa shape index (κ2) is 4.86. The summed E-state index contributed by atoms with van der Waals surface area (Å²) in [6.07, 6.45) is 3.11. The Hall–Kier alpha value is -1.75. The number of hydrogen-bond donors (Lipinski definition) is 2. The van der Waals surface area contributed by atoms with Crippen LogP contribution in [-0.2, 0) is 12.8 Å². The van der Waals surface area contributed by atoms with Gasteiger partial charge in [0, 0.05) is 16.9 Å². The van der Waals surface area contributed by atoms with Gasteiger partial charge in [0.05, 0.1) is 12.0 Å². The van der Waals surface area contributed by atoms with Crippen LogP contribution in [0.25, 0.3) is 10.4 Å². The molecule has 0 saturated heterocycles. The zero-order valence-corrected chi connectivity index (χ0v) is 11.1. The molecule has 4 nitrogen and oxygen atoms in total. The summed E-state index contributed by atoms with van der Waals surface area (Å²) in [5, 5.41) is 9.13. The van der Waals surface area contributed by atoms with Crippen molar-refractivity contribution >= 4 is 23.0 Å². The maximum absolute atomic E-state index is 11.1. The molecule has 5 heteroatoms. The summed E-state index contributed by atoms with van der Waals surface area (Å²) in [5.74, 6) is -0.108. The maximum Gasteiger partial charge on any atom is 0.348 e. The number of anilines is 1. The Kier molecular flexibility index (Phi) is 3.43. The van der Waals surface area contributed by atoms with Gasteiger partial charge in [-0.25, -0.2) is 4.79 Å². The van der Waals surface area contributed by atoms with Crippen LogP contribution in [0.2, 0.25) is 0 Å². The number of carboxylic acid groups (broad SMARTS) is 1. The number of aromatic carboxylic acids is 1. The topological polar surface area (TPSA) is 76.5 Å². The lowest BCUT2D eigenvalue weighted by molar-refractivity contribution is 0.0703. The zero-order valence-electron chi connectivity index (χ0n) is 10.3. The van der Waals surface area contributed by atoms with Crippen molar-refractivity contribution in [3.05, 3.63) is 28.5 Å². The normalized spacial score (nSPS) is 10.8. The summed E-state index contributed by atoms with van der Waals surface area (Å²) in [5.41, 5.74) is 8.15. The Bertz CT molecular complexity index is 583. The lowest BCUT2D eigenvalue weighted by Crippen LogP contribution is -1.99. The molecular formula is C13H15NO3S. The lowest BCUT2D eigenvalue weighted by atomic mass is 10.1. The lowest BCUT2D eigenvalue weighted by Gasteiger charge is -2.01. The smallest absolute Gasteiger partial charge is 0.348 e. The number of thiophene rings is 1. The summed E-state index contributed by atoms with van der Waals surface area (Å²) >= 11 is 1.22. The van der Waals surface area contributed by atoms with Crippen molar-refractivity contribution in [1.82, 2.24) is 0 Å². The summed E-state index contributed by atoms with van der Waals surface area (Å²) < 4.78 is 5.40. The van der Waals surface area contributed by atoms with Crippen molar-refractivity contribution < 1.29 is 14.3 Å². The van der Waals surface area contributed by atoms with Crippen LogP contribution in [0, 0.1) is 0 Å². The molecule has 0 aliphatic heterocycles. The Morgan fingerprint density at radius 2 is 2.17 bits per heavy atom. The Labute approximate surface area is 109 Å². The van der Waals surface area contributed by atoms with Gasteiger partial charge in [-0.3, -0.25) is 0 Å². The number of furan rings is 1. The van der Waals surface area contributed by atoms with Crippen LogP contribution in [0.15, 0.2) is 16.7 Å². The van der Waals surface area contributed by atoms with Crippen LogP contribution in [0.3, 0.4) is 0 Å². The maximum atomic E-state index is 11.1. The van der Waals surface area contributed by atoms with Gasteiger partial charge in [-0.15, -0.1) is 11.3 Å². The van der Waals surface area contributed by atoms with E-state index in [1.165, 1.54) is 11.3 Å². The number of aryl methyl sites for hydroxylation is 1. The molecule has 0 spiro atoms. The molecule has 2 aromatic rings. The minimum absolute atomic E-state index is 0.213. The Morgan fingerprint density at radius 3 is 2.72 bits per heavy atom. The van der Waals surface area contributed by atoms with E-state index in [-0.39, 0.29) is 4.88 Å². The predicted octanol–water partition coefficient (Wildman–Crippen LogP) is 3.41. The quantitative estimate of drug-likeness (QED) is 0.888. The van der Waals surface area contributed by atoms with Gasteiger partial charge in [-0.1, -0.05) is 13.8 Å². The second-order valence-corrected chi connectivity index (χ2v) is 4.94. The van der Waals surface area contributed by atoms with E-state index in [2.05, 4.69) is 0 Å². The SMILES string of the molecule is CCc1occc1-c1sc(C(=O)O)c(N)c1CC. The van der Waals surface area contributed by atoms with E-state index in [1.807, 2.05) is 19.9 Å². The van der Waals surface area contributed by atoms with Gasteiger partial charge in [0.2, 0.25) is 0 Å². The minimum Gasteiger partial charge on any atom is -0.477 e. The third-order valence-corrected chi connectivity index (χ3v) is 4.18. The third-order valence-electron chi connectivity index (χ3n) is 2.91. The number of nitrogens with two attached hydrogens (primary N) is 1. The van der Waals surface area contributed by atoms with Gasteiger partial charge in [-0.2, -0.15) is 0 Å². The van der Waals surface area contributed by atoms with Gasteiger partial charge in [-0.05, 0) is 18.1 Å². The molecule has 2 aromatic heterocycles. The van der Waals surface area contributed by atoms with E-state index in [0.29, 0.717) is 12.1 Å². The molecule has 0 fully saturated rings. The van der Waals surface area contributed by atoms with Gasteiger partial charge < -0.3 is 15.3 Å². The fourth-order valence-corrected chi connectivity index (χ4v) is 3.22. The first kappa shape index (κ1) is 12.7. The van der Waals surface area contributed by atoms with Crippen molar-refractivity contribution in [2.24, 2.45) is 0 Å². The fraction of sp³-hybridized carbons (Fsp3) is 0.308. The molecule has 96 valence electrons. The minimum atomic E-state index is -0.972. The monoisotopic (exact) mass is 265 g/mol. The molecule has 0 aliphatic rings. The van der Waals surface area contributed by atoms with E-state index < -0.39 is 5.97 Å². The molecule has 0 aliphatic carbocycles. The predicted molar refractivity (Wildman–Crippen MR) is 72.1 cm³/mol. The summed E-state index contributed by atoms with van der Waals surface area (Å²) in [6, 6.07) is 1.87. The molecule has 0 unspecified atom stereocenters. The van der Waals surface area contributed by atoms with Crippen LogP contribution >= 0.6 is 11.3 Å². The standard InChI is InChI=1S/C13H15NO3S/c1-3-7-10(14)12(13(15)16)18-11(7)8-5-6-17-9(8)4-2/h5-6H,3-4,14H2,1-2H3,(H,15,16). The second-order valence-electron chi connectivity index (χ2n) is 3.92. The van der Waals surface area contributed by atoms with Gasteiger partial charge in [0.1, 0.15) is 10.6 Å². The van der Waals surface area contributed by atoms with Crippen molar-refractivity contribution in [1.29, 1.82) is 0 Å². The van der Waals surface area contributed by atoms with Crippen LogP contribution in [0.4, 0.5) is 5.69 Å². The van der Waals surface area contributed by atoms with Crippen LogP contribution in [0.1, 0.15) is 34.8 Å². The van der Waals surface area contributed by atoms with Gasteiger partial charge in [0.15, 0.2) is 0 Å². The highest BCUT2D eigenvalue weighted by Gasteiger charge is 2.22. The van der Waals surface area contributed by atoms with Crippen LogP contribution < -0.4 is 5.73 Å². The molecule has 0 aromatic carbocycles. The first-order valence-electron chi connectivity index (χ1n) is 5.81. The molecular weight excluding hydrogens is 250 g/mol. The summed E-state index contributed by atoms with van der Waals surface area (Å²) in [6.45, 7) is 3.97. The Morgan fingerprint density at radius 1 is 1.44 bits per heavy atom. The fourth-order valence-electron chi connectivity index (χ4n) is 2.02. The van der Waals surface area contributed by atoms with Crippen molar-refractivity contribution in [2.75, 3.05) is 5.73 Å². The number of rotatable bonds is 4. The highest BCUT2D eigenvalue weighted by molar-refractivity contribution is 7.18. The first-order chi connectivity index (χ1) is 8.60. The van der Waals surface area contributed by atoms with Crippen molar-refractivity contribution in [3.8, 4) is 10.4 Å². The molecule has 0 radical (unpaired) electrons. The highest BCUT2D eigenvalue weighted by Crippen LogP contribution is 2.40. The summed E-state index contributed by atoms with van der Waals surface area (Å²) in [4.78, 5) is 12.3. The molecule has 0 atom stereocenters. The summed E-state index contributed by atoms with van der Waals surface area (Å²) in [7, 11) is 0. The largest absolute Gasteiger partial charge is 0.477 e.